The molecule has 4 rings (SSSR count). The van der Waals surface area contributed by atoms with E-state index in [9.17, 15) is 4.79 Å². The Morgan fingerprint density at radius 2 is 1.82 bits per heavy atom. The predicted octanol–water partition coefficient (Wildman–Crippen LogP) is 4.08. The zero-order chi connectivity index (χ0) is 14.9. The van der Waals surface area contributed by atoms with Crippen LogP contribution in [0.25, 0.3) is 11.3 Å². The van der Waals surface area contributed by atoms with Crippen LogP contribution < -0.4 is 5.32 Å². The molecule has 4 nitrogen and oxygen atoms in total. The van der Waals surface area contributed by atoms with Gasteiger partial charge < -0.3 is 5.32 Å². The van der Waals surface area contributed by atoms with E-state index in [-0.39, 0.29) is 11.8 Å². The number of carbonyl (C=O) groups is 1. The van der Waals surface area contributed by atoms with Gasteiger partial charge in [0.15, 0.2) is 0 Å². The van der Waals surface area contributed by atoms with Crippen molar-refractivity contribution in [3.8, 4) is 11.3 Å². The molecule has 1 amide bonds. The van der Waals surface area contributed by atoms with E-state index in [0.29, 0.717) is 5.92 Å². The smallest absolute Gasteiger partial charge is 0.227 e. The first kappa shape index (κ1) is 13.6. The van der Waals surface area contributed by atoms with Crippen LogP contribution in [0.2, 0.25) is 0 Å². The molecule has 1 aromatic carbocycles. The van der Waals surface area contributed by atoms with Crippen LogP contribution in [0.1, 0.15) is 50.1 Å². The molecule has 22 heavy (non-hydrogen) atoms. The van der Waals surface area contributed by atoms with Crippen LogP contribution in [0.3, 0.4) is 0 Å². The van der Waals surface area contributed by atoms with Gasteiger partial charge in [-0.3, -0.25) is 9.89 Å². The van der Waals surface area contributed by atoms with Gasteiger partial charge in [0, 0.05) is 17.4 Å². The van der Waals surface area contributed by atoms with E-state index < -0.39 is 0 Å². The van der Waals surface area contributed by atoms with Gasteiger partial charge in [-0.05, 0) is 25.7 Å². The number of nitrogens with zero attached hydrogens (tertiary/aromatic N) is 1. The lowest BCUT2D eigenvalue weighted by molar-refractivity contribution is -0.119. The van der Waals surface area contributed by atoms with Gasteiger partial charge in [-0.25, -0.2) is 0 Å². The summed E-state index contributed by atoms with van der Waals surface area (Å²) >= 11 is 0. The Bertz CT molecular complexity index is 667. The minimum Gasteiger partial charge on any atom is -0.322 e. The summed E-state index contributed by atoms with van der Waals surface area (Å²) in [5.74, 6) is 0.868. The maximum Gasteiger partial charge on any atom is 0.227 e. The number of amides is 1. The summed E-state index contributed by atoms with van der Waals surface area (Å²) in [6.07, 6.45) is 6.74. The first-order valence-corrected chi connectivity index (χ1v) is 8.27. The average Bonchev–Trinajstić information content (AvgIpc) is 3.09. The van der Waals surface area contributed by atoms with Crippen LogP contribution in [0.4, 0.5) is 5.69 Å². The summed E-state index contributed by atoms with van der Waals surface area (Å²) in [6.45, 7) is 0. The summed E-state index contributed by atoms with van der Waals surface area (Å²) in [5, 5.41) is 10.8. The molecule has 0 saturated heterocycles. The van der Waals surface area contributed by atoms with Crippen molar-refractivity contribution in [2.75, 3.05) is 5.32 Å². The minimum absolute atomic E-state index is 0.165. The van der Waals surface area contributed by atoms with Gasteiger partial charge >= 0.3 is 0 Å². The largest absolute Gasteiger partial charge is 0.322 e. The first-order valence-electron chi connectivity index (χ1n) is 8.27. The fraction of sp³-hybridized carbons (Fsp3) is 0.444. The van der Waals surface area contributed by atoms with Gasteiger partial charge in [0.2, 0.25) is 5.91 Å². The van der Waals surface area contributed by atoms with Crippen molar-refractivity contribution in [2.45, 2.75) is 44.4 Å². The molecule has 2 N–H and O–H groups in total. The molecule has 1 heterocycles. The molecular weight excluding hydrogens is 274 g/mol. The number of rotatable bonds is 4. The number of hydrogen-bond acceptors (Lipinski definition) is 2. The molecule has 2 aliphatic carbocycles. The van der Waals surface area contributed by atoms with Crippen molar-refractivity contribution >= 4 is 11.6 Å². The topological polar surface area (TPSA) is 57.8 Å². The normalized spacial score (nSPS) is 18.5. The zero-order valence-corrected chi connectivity index (χ0v) is 12.6. The van der Waals surface area contributed by atoms with Crippen molar-refractivity contribution < 1.29 is 4.79 Å². The Kier molecular flexibility index (Phi) is 3.45. The quantitative estimate of drug-likeness (QED) is 0.892. The van der Waals surface area contributed by atoms with Crippen molar-refractivity contribution in [3.63, 3.8) is 0 Å². The molecule has 0 atom stereocenters. The Labute approximate surface area is 130 Å². The van der Waals surface area contributed by atoms with Gasteiger partial charge in [0.05, 0.1) is 11.4 Å². The predicted molar refractivity (Wildman–Crippen MR) is 86.6 cm³/mol. The standard InChI is InChI=1S/C18H21N3O/c22-18(14-8-4-5-9-14)19-17-15(12-6-2-1-3-7-12)20-21-16(17)13-10-11-13/h1-3,6-7,13-14H,4-5,8-11H2,(H,19,22)(H,20,21). The number of H-pyrrole nitrogens is 1. The number of nitrogens with one attached hydrogen (secondary N) is 2. The molecular formula is C18H21N3O. The molecule has 0 spiro atoms. The van der Waals surface area contributed by atoms with Crippen LogP contribution >= 0.6 is 0 Å². The molecule has 0 unspecified atom stereocenters. The lowest BCUT2D eigenvalue weighted by Gasteiger charge is -2.12. The lowest BCUT2D eigenvalue weighted by Crippen LogP contribution is -2.21. The van der Waals surface area contributed by atoms with E-state index in [1.165, 1.54) is 25.7 Å². The van der Waals surface area contributed by atoms with Crippen LogP contribution in [0.5, 0.6) is 0 Å². The number of aromatic nitrogens is 2. The Balaban J connectivity index is 1.66. The number of hydrogen-bond donors (Lipinski definition) is 2. The van der Waals surface area contributed by atoms with E-state index in [1.54, 1.807) is 0 Å². The first-order chi connectivity index (χ1) is 10.8. The van der Waals surface area contributed by atoms with Crippen molar-refractivity contribution in [2.24, 2.45) is 5.92 Å². The number of aromatic amines is 1. The summed E-state index contributed by atoms with van der Waals surface area (Å²) in [6, 6.07) is 10.1. The van der Waals surface area contributed by atoms with Crippen molar-refractivity contribution in [3.05, 3.63) is 36.0 Å². The monoisotopic (exact) mass is 295 g/mol. The maximum absolute atomic E-state index is 12.5. The summed E-state index contributed by atoms with van der Waals surface area (Å²) in [5.41, 5.74) is 3.93. The average molecular weight is 295 g/mol. The van der Waals surface area contributed by atoms with E-state index >= 15 is 0 Å². The van der Waals surface area contributed by atoms with Crippen LogP contribution in [-0.4, -0.2) is 16.1 Å². The molecule has 0 radical (unpaired) electrons. The fourth-order valence-electron chi connectivity index (χ4n) is 3.37. The molecule has 114 valence electrons. The highest BCUT2D eigenvalue weighted by atomic mass is 16.1. The van der Waals surface area contributed by atoms with E-state index in [1.807, 2.05) is 30.3 Å². The maximum atomic E-state index is 12.5. The van der Waals surface area contributed by atoms with Gasteiger partial charge in [-0.15, -0.1) is 0 Å². The molecule has 2 aromatic rings. The van der Waals surface area contributed by atoms with Crippen LogP contribution in [-0.2, 0) is 4.79 Å². The summed E-state index contributed by atoms with van der Waals surface area (Å²) < 4.78 is 0. The zero-order valence-electron chi connectivity index (χ0n) is 12.6. The molecule has 0 aliphatic heterocycles. The minimum atomic E-state index is 0.165. The van der Waals surface area contributed by atoms with Crippen molar-refractivity contribution in [1.82, 2.24) is 10.2 Å². The SMILES string of the molecule is O=C(Nc1c(-c2ccccc2)n[nH]c1C1CC1)C1CCCC1. The molecule has 2 aliphatic rings. The van der Waals surface area contributed by atoms with Crippen LogP contribution in [0, 0.1) is 5.92 Å². The molecule has 2 fully saturated rings. The van der Waals surface area contributed by atoms with Crippen LogP contribution in [0.15, 0.2) is 30.3 Å². The van der Waals surface area contributed by atoms with Gasteiger partial charge in [0.1, 0.15) is 5.69 Å². The number of benzene rings is 1. The lowest BCUT2D eigenvalue weighted by atomic mass is 10.1. The second kappa shape index (κ2) is 5.59. The van der Waals surface area contributed by atoms with Gasteiger partial charge in [-0.1, -0.05) is 43.2 Å². The third-order valence-electron chi connectivity index (χ3n) is 4.80. The second-order valence-electron chi connectivity index (χ2n) is 6.47. The van der Waals surface area contributed by atoms with Gasteiger partial charge in [-0.2, -0.15) is 5.10 Å². The van der Waals surface area contributed by atoms with E-state index in [4.69, 9.17) is 0 Å². The molecule has 0 bridgehead atoms. The second-order valence-corrected chi connectivity index (χ2v) is 6.47. The summed E-state index contributed by atoms with van der Waals surface area (Å²) in [7, 11) is 0. The van der Waals surface area contributed by atoms with Gasteiger partial charge in [0.25, 0.3) is 0 Å². The third-order valence-corrected chi connectivity index (χ3v) is 4.80. The molecule has 1 aromatic heterocycles. The number of anilines is 1. The van der Waals surface area contributed by atoms with E-state index in [0.717, 1.165) is 35.5 Å². The Hall–Kier alpha value is -2.10. The Morgan fingerprint density at radius 3 is 2.50 bits per heavy atom. The highest BCUT2D eigenvalue weighted by Crippen LogP contribution is 2.45. The van der Waals surface area contributed by atoms with E-state index in [2.05, 4.69) is 15.5 Å². The number of carbonyl (C=O) groups excluding carboxylic acids is 1. The highest BCUT2D eigenvalue weighted by Gasteiger charge is 2.32. The molecule has 4 heteroatoms. The van der Waals surface area contributed by atoms with Crippen molar-refractivity contribution in [1.29, 1.82) is 0 Å². The Morgan fingerprint density at radius 1 is 1.09 bits per heavy atom. The highest BCUT2D eigenvalue weighted by molar-refractivity contribution is 5.97. The fourth-order valence-corrected chi connectivity index (χ4v) is 3.37. The third kappa shape index (κ3) is 2.54. The summed E-state index contributed by atoms with van der Waals surface area (Å²) in [4.78, 5) is 12.5. The molecule has 2 saturated carbocycles.